The van der Waals surface area contributed by atoms with Crippen molar-refractivity contribution in [1.29, 1.82) is 5.26 Å². The van der Waals surface area contributed by atoms with E-state index in [1.165, 1.54) is 0 Å². The molecule has 0 bridgehead atoms. The summed E-state index contributed by atoms with van der Waals surface area (Å²) in [4.78, 5) is 11.4. The summed E-state index contributed by atoms with van der Waals surface area (Å²) in [6.07, 6.45) is -4.44. The monoisotopic (exact) mass is 401 g/mol. The fourth-order valence-corrected chi connectivity index (χ4v) is 3.33. The van der Waals surface area contributed by atoms with Gasteiger partial charge in [0, 0.05) is 22.1 Å². The highest BCUT2D eigenvalue weighted by Crippen LogP contribution is 2.48. The van der Waals surface area contributed by atoms with Gasteiger partial charge in [-0.1, -0.05) is 0 Å². The Morgan fingerprint density at radius 3 is 2.56 bits per heavy atom. The van der Waals surface area contributed by atoms with Crippen LogP contribution in [0.3, 0.4) is 0 Å². The number of halogens is 5. The third-order valence-electron chi connectivity index (χ3n) is 3.75. The number of alkyl halides is 4. The van der Waals surface area contributed by atoms with Crippen LogP contribution in [0.25, 0.3) is 0 Å². The number of Topliss-reactive ketones (excluding diaryl/α,β-unsaturated/α-hetero) is 1. The molecule has 0 aromatic heterocycles. The second kappa shape index (κ2) is 6.83. The molecule has 4 nitrogen and oxygen atoms in total. The predicted octanol–water partition coefficient (Wildman–Crippen LogP) is 4.67. The molecule has 0 saturated carbocycles. The van der Waals surface area contributed by atoms with Crippen LogP contribution in [-0.2, 0) is 0 Å². The minimum Gasteiger partial charge on any atom is -0.457 e. The lowest BCUT2D eigenvalue weighted by atomic mass is 10.1. The van der Waals surface area contributed by atoms with Gasteiger partial charge in [0.2, 0.25) is 5.78 Å². The summed E-state index contributed by atoms with van der Waals surface area (Å²) in [5, 5.41) is 18.8. The molecule has 0 saturated heterocycles. The van der Waals surface area contributed by atoms with E-state index in [2.05, 4.69) is 0 Å². The number of ketones is 1. The Kier molecular flexibility index (Phi) is 4.84. The minimum absolute atomic E-state index is 0.0756. The van der Waals surface area contributed by atoms with E-state index in [0.717, 1.165) is 30.3 Å². The average molecular weight is 401 g/mol. The maximum absolute atomic E-state index is 14.0. The second-order valence-corrected chi connectivity index (χ2v) is 6.57. The van der Waals surface area contributed by atoms with E-state index in [-0.39, 0.29) is 17.1 Å². The Bertz CT molecular complexity index is 970. The molecule has 0 fully saturated rings. The summed E-state index contributed by atoms with van der Waals surface area (Å²) in [5.74, 6) is -2.45. The number of thioether (sulfide) groups is 1. The molecule has 3 rings (SSSR count). The molecule has 140 valence electrons. The third-order valence-corrected chi connectivity index (χ3v) is 4.54. The van der Waals surface area contributed by atoms with Crippen molar-refractivity contribution in [1.82, 2.24) is 0 Å². The zero-order chi connectivity index (χ0) is 19.9. The summed E-state index contributed by atoms with van der Waals surface area (Å²) in [6.45, 7) is 0. The topological polar surface area (TPSA) is 70.3 Å². The number of hydrogen-bond acceptors (Lipinski definition) is 5. The van der Waals surface area contributed by atoms with Crippen molar-refractivity contribution < 1.29 is 36.6 Å². The Morgan fingerprint density at radius 1 is 1.22 bits per heavy atom. The van der Waals surface area contributed by atoms with Crippen molar-refractivity contribution in [3.8, 4) is 17.6 Å². The van der Waals surface area contributed by atoms with Crippen LogP contribution in [-0.4, -0.2) is 22.6 Å². The van der Waals surface area contributed by atoms with E-state index in [1.807, 2.05) is 0 Å². The molecule has 1 N–H and O–H groups in total. The fraction of sp³-hybridized carbons (Fsp3) is 0.176. The van der Waals surface area contributed by atoms with Crippen LogP contribution in [0.15, 0.2) is 35.2 Å². The van der Waals surface area contributed by atoms with Crippen molar-refractivity contribution in [2.24, 2.45) is 0 Å². The van der Waals surface area contributed by atoms with Gasteiger partial charge < -0.3 is 9.84 Å². The maximum atomic E-state index is 14.0. The van der Waals surface area contributed by atoms with Gasteiger partial charge in [-0.15, -0.1) is 0 Å². The molecule has 2 atom stereocenters. The van der Waals surface area contributed by atoms with E-state index >= 15 is 0 Å². The number of aliphatic hydroxyl groups is 1. The molecule has 0 heterocycles. The number of nitrogens with zero attached hydrogens (tertiary/aromatic N) is 1. The van der Waals surface area contributed by atoms with Crippen LogP contribution in [0, 0.1) is 17.1 Å². The standard InChI is InChI=1S/C17H8F5NO3S/c18-9-2-1-8(5-7(9)6-23)26-10-3-4-11(27-17(20,21)22)13-12(10)15(24)14(19)16(13)25/h1-5,14-15,24H/t14?,15-/m0/s1. The van der Waals surface area contributed by atoms with Gasteiger partial charge in [0.25, 0.3) is 0 Å². The molecule has 1 aliphatic carbocycles. The molecule has 0 radical (unpaired) electrons. The van der Waals surface area contributed by atoms with Gasteiger partial charge in [-0.2, -0.15) is 18.4 Å². The van der Waals surface area contributed by atoms with Crippen LogP contribution < -0.4 is 4.74 Å². The number of fused-ring (bicyclic) bond motifs is 1. The second-order valence-electron chi connectivity index (χ2n) is 5.46. The Morgan fingerprint density at radius 2 is 1.93 bits per heavy atom. The molecular formula is C17H8F5NO3S. The first kappa shape index (κ1) is 19.1. The number of rotatable bonds is 3. The smallest absolute Gasteiger partial charge is 0.446 e. The molecule has 0 aliphatic heterocycles. The number of benzene rings is 2. The Balaban J connectivity index is 2.08. The first-order chi connectivity index (χ1) is 12.6. The van der Waals surface area contributed by atoms with E-state index in [0.29, 0.717) is 0 Å². The van der Waals surface area contributed by atoms with E-state index in [9.17, 15) is 31.9 Å². The van der Waals surface area contributed by atoms with Crippen molar-refractivity contribution in [2.45, 2.75) is 22.7 Å². The summed E-state index contributed by atoms with van der Waals surface area (Å²) in [5.41, 5.74) is -6.12. The molecule has 10 heteroatoms. The lowest BCUT2D eigenvalue weighted by Crippen LogP contribution is -2.14. The zero-order valence-corrected chi connectivity index (χ0v) is 13.9. The molecule has 2 aromatic carbocycles. The Hall–Kier alpha value is -2.64. The highest BCUT2D eigenvalue weighted by Gasteiger charge is 2.45. The molecule has 0 amide bonds. The number of aliphatic hydroxyl groups excluding tert-OH is 1. The largest absolute Gasteiger partial charge is 0.457 e. The third kappa shape index (κ3) is 3.61. The maximum Gasteiger partial charge on any atom is 0.446 e. The van der Waals surface area contributed by atoms with E-state index in [1.54, 1.807) is 6.07 Å². The van der Waals surface area contributed by atoms with Gasteiger partial charge in [0.05, 0.1) is 5.56 Å². The van der Waals surface area contributed by atoms with Gasteiger partial charge in [0.1, 0.15) is 29.5 Å². The first-order valence-electron chi connectivity index (χ1n) is 7.29. The van der Waals surface area contributed by atoms with E-state index < -0.39 is 57.2 Å². The van der Waals surface area contributed by atoms with Gasteiger partial charge >= 0.3 is 5.51 Å². The molecular weight excluding hydrogens is 393 g/mol. The molecule has 0 spiro atoms. The number of hydrogen-bond donors (Lipinski definition) is 1. The van der Waals surface area contributed by atoms with Gasteiger partial charge in [0.15, 0.2) is 6.17 Å². The summed E-state index contributed by atoms with van der Waals surface area (Å²) < 4.78 is 70.8. The highest BCUT2D eigenvalue weighted by molar-refractivity contribution is 8.00. The number of nitriles is 1. The van der Waals surface area contributed by atoms with Crippen LogP contribution in [0.4, 0.5) is 22.0 Å². The fourth-order valence-electron chi connectivity index (χ4n) is 2.64. The number of carbonyl (C=O) groups excluding carboxylic acids is 1. The number of carbonyl (C=O) groups is 1. The quantitative estimate of drug-likeness (QED) is 0.598. The lowest BCUT2D eigenvalue weighted by Gasteiger charge is -2.15. The van der Waals surface area contributed by atoms with Gasteiger partial charge in [-0.05, 0) is 36.0 Å². The Labute approximate surface area is 153 Å². The van der Waals surface area contributed by atoms with Crippen molar-refractivity contribution in [3.63, 3.8) is 0 Å². The van der Waals surface area contributed by atoms with Crippen LogP contribution in [0.5, 0.6) is 11.5 Å². The summed E-state index contributed by atoms with van der Waals surface area (Å²) in [7, 11) is 0. The van der Waals surface area contributed by atoms with E-state index in [4.69, 9.17) is 10.00 Å². The van der Waals surface area contributed by atoms with Crippen molar-refractivity contribution in [3.05, 3.63) is 52.8 Å². The molecule has 1 aliphatic rings. The van der Waals surface area contributed by atoms with Crippen molar-refractivity contribution in [2.75, 3.05) is 0 Å². The van der Waals surface area contributed by atoms with Crippen LogP contribution >= 0.6 is 11.8 Å². The first-order valence-corrected chi connectivity index (χ1v) is 8.10. The predicted molar refractivity (Wildman–Crippen MR) is 83.7 cm³/mol. The summed E-state index contributed by atoms with van der Waals surface area (Å²) >= 11 is -0.610. The van der Waals surface area contributed by atoms with Gasteiger partial charge in [-0.3, -0.25) is 4.79 Å². The number of ether oxygens (including phenoxy) is 1. The SMILES string of the molecule is N#Cc1cc(Oc2ccc(SC(F)(F)F)c3c2[C@H](O)C(F)C3=O)ccc1F. The van der Waals surface area contributed by atoms with Crippen LogP contribution in [0.1, 0.15) is 27.6 Å². The highest BCUT2D eigenvalue weighted by atomic mass is 32.2. The van der Waals surface area contributed by atoms with Crippen molar-refractivity contribution >= 4 is 17.5 Å². The molecule has 27 heavy (non-hydrogen) atoms. The minimum atomic E-state index is -4.73. The molecule has 1 unspecified atom stereocenters. The normalized spacial score (nSPS) is 18.9. The van der Waals surface area contributed by atoms with Gasteiger partial charge in [-0.25, -0.2) is 8.78 Å². The summed E-state index contributed by atoms with van der Waals surface area (Å²) in [6, 6.07) is 6.64. The average Bonchev–Trinajstić information content (AvgIpc) is 2.82. The lowest BCUT2D eigenvalue weighted by molar-refractivity contribution is -0.0328. The van der Waals surface area contributed by atoms with Crippen LogP contribution in [0.2, 0.25) is 0 Å². The zero-order valence-electron chi connectivity index (χ0n) is 13.1. The molecule has 2 aromatic rings.